The first-order valence-corrected chi connectivity index (χ1v) is 8.58. The average molecular weight is 287 g/mol. The van der Waals surface area contributed by atoms with Gasteiger partial charge in [0, 0.05) is 5.54 Å². The molecule has 2 N–H and O–H groups in total. The predicted molar refractivity (Wildman–Crippen MR) is 87.6 cm³/mol. The molecule has 0 aromatic heterocycles. The Morgan fingerprint density at radius 2 is 2.10 bits per heavy atom. The minimum atomic E-state index is 0.0301. The minimum absolute atomic E-state index is 0.0301. The Labute approximate surface area is 129 Å². The molecular weight excluding hydrogens is 258 g/mol. The molecule has 1 heterocycles. The smallest absolute Gasteiger partial charge is 0.122 e. The number of ether oxygens (including phenoxy) is 1. The van der Waals surface area contributed by atoms with Gasteiger partial charge in [0.15, 0.2) is 0 Å². The summed E-state index contributed by atoms with van der Waals surface area (Å²) < 4.78 is 5.79. The van der Waals surface area contributed by atoms with Crippen molar-refractivity contribution >= 4 is 0 Å². The van der Waals surface area contributed by atoms with Gasteiger partial charge in [-0.1, -0.05) is 44.9 Å². The van der Waals surface area contributed by atoms with Crippen LogP contribution >= 0.6 is 0 Å². The Morgan fingerprint density at radius 1 is 1.29 bits per heavy atom. The summed E-state index contributed by atoms with van der Waals surface area (Å²) >= 11 is 0. The lowest BCUT2D eigenvalue weighted by molar-refractivity contribution is 0.156. The molecular formula is C19H29NO. The fourth-order valence-corrected chi connectivity index (χ4v) is 4.32. The van der Waals surface area contributed by atoms with Crippen molar-refractivity contribution in [3.8, 4) is 5.75 Å². The number of fused-ring (bicyclic) bond motifs is 1. The zero-order chi connectivity index (χ0) is 14.9. The van der Waals surface area contributed by atoms with E-state index >= 15 is 0 Å². The molecule has 2 aliphatic rings. The predicted octanol–water partition coefficient (Wildman–Crippen LogP) is 4.49. The van der Waals surface area contributed by atoms with Crippen molar-refractivity contribution in [1.29, 1.82) is 0 Å². The van der Waals surface area contributed by atoms with E-state index < -0.39 is 0 Å². The Hall–Kier alpha value is -1.02. The summed E-state index contributed by atoms with van der Waals surface area (Å²) in [5.41, 5.74) is 8.24. The van der Waals surface area contributed by atoms with Crippen LogP contribution in [0.15, 0.2) is 24.3 Å². The first kappa shape index (κ1) is 14.9. The van der Waals surface area contributed by atoms with Crippen molar-refractivity contribution in [1.82, 2.24) is 0 Å². The maximum atomic E-state index is 6.83. The Bertz CT molecular complexity index is 484. The number of hydrogen-bond acceptors (Lipinski definition) is 2. The summed E-state index contributed by atoms with van der Waals surface area (Å²) in [4.78, 5) is 0. The highest BCUT2D eigenvalue weighted by atomic mass is 16.5. The van der Waals surface area contributed by atoms with Gasteiger partial charge in [-0.2, -0.15) is 0 Å². The zero-order valence-electron chi connectivity index (χ0n) is 13.5. The lowest BCUT2D eigenvalue weighted by atomic mass is 9.68. The Balaban J connectivity index is 1.74. The molecule has 0 saturated heterocycles. The van der Waals surface area contributed by atoms with E-state index in [0.29, 0.717) is 5.92 Å². The number of rotatable bonds is 3. The second-order valence-corrected chi connectivity index (χ2v) is 7.54. The standard InChI is InChI=1S/C19H29NO/c1-14(2)15-6-5-10-19(20,12-15)13-16-9-11-21-18-8-4-3-7-17(16)18/h3-4,7-8,14-16H,5-6,9-13,20H2,1-2H3. The van der Waals surface area contributed by atoms with Gasteiger partial charge in [-0.15, -0.1) is 0 Å². The molecule has 2 heteroatoms. The summed E-state index contributed by atoms with van der Waals surface area (Å²) in [6, 6.07) is 8.52. The van der Waals surface area contributed by atoms with Crippen molar-refractivity contribution in [3.63, 3.8) is 0 Å². The van der Waals surface area contributed by atoms with E-state index in [4.69, 9.17) is 10.5 Å². The molecule has 3 atom stereocenters. The SMILES string of the molecule is CC(C)C1CCCC(N)(CC2CCOc3ccccc32)C1. The van der Waals surface area contributed by atoms with Gasteiger partial charge < -0.3 is 10.5 Å². The quantitative estimate of drug-likeness (QED) is 0.889. The van der Waals surface area contributed by atoms with Crippen LogP contribution in [0.3, 0.4) is 0 Å². The Morgan fingerprint density at radius 3 is 2.90 bits per heavy atom. The van der Waals surface area contributed by atoms with Crippen molar-refractivity contribution in [3.05, 3.63) is 29.8 Å². The van der Waals surface area contributed by atoms with Crippen LogP contribution in [0.1, 0.15) is 63.9 Å². The number of nitrogens with two attached hydrogens (primary N) is 1. The molecule has 0 amide bonds. The third-order valence-electron chi connectivity index (χ3n) is 5.60. The first-order chi connectivity index (χ1) is 10.1. The third kappa shape index (κ3) is 3.26. The summed E-state index contributed by atoms with van der Waals surface area (Å²) in [6.07, 6.45) is 7.28. The van der Waals surface area contributed by atoms with Gasteiger partial charge in [-0.25, -0.2) is 0 Å². The topological polar surface area (TPSA) is 35.2 Å². The number of para-hydroxylation sites is 1. The highest BCUT2D eigenvalue weighted by Gasteiger charge is 2.37. The fourth-order valence-electron chi connectivity index (χ4n) is 4.32. The van der Waals surface area contributed by atoms with Gasteiger partial charge in [0.2, 0.25) is 0 Å². The molecule has 21 heavy (non-hydrogen) atoms. The summed E-state index contributed by atoms with van der Waals surface area (Å²) in [7, 11) is 0. The highest BCUT2D eigenvalue weighted by molar-refractivity contribution is 5.38. The highest BCUT2D eigenvalue weighted by Crippen LogP contribution is 2.43. The lowest BCUT2D eigenvalue weighted by Crippen LogP contribution is -2.46. The molecule has 0 bridgehead atoms. The van der Waals surface area contributed by atoms with Crippen molar-refractivity contribution in [2.45, 2.75) is 63.8 Å². The van der Waals surface area contributed by atoms with E-state index in [9.17, 15) is 0 Å². The van der Waals surface area contributed by atoms with E-state index in [1.54, 1.807) is 0 Å². The molecule has 0 radical (unpaired) electrons. The van der Waals surface area contributed by atoms with Crippen LogP contribution in [0.4, 0.5) is 0 Å². The van der Waals surface area contributed by atoms with Crippen LogP contribution in [-0.4, -0.2) is 12.1 Å². The van der Waals surface area contributed by atoms with Crippen LogP contribution in [0.5, 0.6) is 5.75 Å². The van der Waals surface area contributed by atoms with Gasteiger partial charge in [0.05, 0.1) is 6.61 Å². The zero-order valence-corrected chi connectivity index (χ0v) is 13.5. The maximum absolute atomic E-state index is 6.83. The van der Waals surface area contributed by atoms with E-state index in [1.165, 1.54) is 31.2 Å². The molecule has 1 fully saturated rings. The van der Waals surface area contributed by atoms with E-state index in [0.717, 1.165) is 37.0 Å². The van der Waals surface area contributed by atoms with Crippen LogP contribution in [0, 0.1) is 11.8 Å². The molecule has 3 unspecified atom stereocenters. The van der Waals surface area contributed by atoms with Crippen LogP contribution in [0.2, 0.25) is 0 Å². The van der Waals surface area contributed by atoms with Crippen molar-refractivity contribution < 1.29 is 4.74 Å². The Kier molecular flexibility index (Phi) is 4.26. The van der Waals surface area contributed by atoms with Gasteiger partial charge in [-0.3, -0.25) is 0 Å². The summed E-state index contributed by atoms with van der Waals surface area (Å²) in [5.74, 6) is 3.22. The van der Waals surface area contributed by atoms with Crippen LogP contribution < -0.4 is 10.5 Å². The summed E-state index contributed by atoms with van der Waals surface area (Å²) in [5, 5.41) is 0. The monoisotopic (exact) mass is 287 g/mol. The van der Waals surface area contributed by atoms with Gasteiger partial charge in [-0.05, 0) is 55.1 Å². The number of benzene rings is 1. The molecule has 2 nitrogen and oxygen atoms in total. The van der Waals surface area contributed by atoms with Crippen LogP contribution in [0.25, 0.3) is 0 Å². The summed E-state index contributed by atoms with van der Waals surface area (Å²) in [6.45, 7) is 5.53. The molecule has 0 spiro atoms. The van der Waals surface area contributed by atoms with Crippen molar-refractivity contribution in [2.75, 3.05) is 6.61 Å². The molecule has 1 aromatic rings. The maximum Gasteiger partial charge on any atom is 0.122 e. The van der Waals surface area contributed by atoms with Crippen molar-refractivity contribution in [2.24, 2.45) is 17.6 Å². The molecule has 1 aromatic carbocycles. The normalized spacial score (nSPS) is 32.6. The van der Waals surface area contributed by atoms with Gasteiger partial charge in [0.1, 0.15) is 5.75 Å². The van der Waals surface area contributed by atoms with Gasteiger partial charge >= 0.3 is 0 Å². The second-order valence-electron chi connectivity index (χ2n) is 7.54. The minimum Gasteiger partial charge on any atom is -0.493 e. The molecule has 1 aliphatic heterocycles. The first-order valence-electron chi connectivity index (χ1n) is 8.58. The van der Waals surface area contributed by atoms with E-state index in [1.807, 2.05) is 0 Å². The third-order valence-corrected chi connectivity index (χ3v) is 5.60. The lowest BCUT2D eigenvalue weighted by Gasteiger charge is -2.42. The molecule has 3 rings (SSSR count). The van der Waals surface area contributed by atoms with E-state index in [-0.39, 0.29) is 5.54 Å². The second kappa shape index (κ2) is 6.00. The molecule has 116 valence electrons. The average Bonchev–Trinajstić information content (AvgIpc) is 2.47. The fraction of sp³-hybridized carbons (Fsp3) is 0.684. The van der Waals surface area contributed by atoms with E-state index in [2.05, 4.69) is 38.1 Å². The van der Waals surface area contributed by atoms with Crippen LogP contribution in [-0.2, 0) is 0 Å². The number of hydrogen-bond donors (Lipinski definition) is 1. The van der Waals surface area contributed by atoms with Gasteiger partial charge in [0.25, 0.3) is 0 Å². The molecule has 1 aliphatic carbocycles. The largest absolute Gasteiger partial charge is 0.493 e. The molecule has 1 saturated carbocycles.